The van der Waals surface area contributed by atoms with Gasteiger partial charge in [0.1, 0.15) is 0 Å². The van der Waals surface area contributed by atoms with Gasteiger partial charge >= 0.3 is 13.6 Å². The zero-order valence-electron chi connectivity index (χ0n) is 18.3. The van der Waals surface area contributed by atoms with E-state index in [1.54, 1.807) is 26.8 Å². The highest BCUT2D eigenvalue weighted by Crippen LogP contribution is 2.61. The van der Waals surface area contributed by atoms with Gasteiger partial charge in [0.2, 0.25) is 0 Å². The molecule has 0 radical (unpaired) electrons. The first-order chi connectivity index (χ1) is 14.9. The van der Waals surface area contributed by atoms with Crippen LogP contribution in [0.1, 0.15) is 48.2 Å². The van der Waals surface area contributed by atoms with Crippen molar-refractivity contribution in [2.45, 2.75) is 33.5 Å². The summed E-state index contributed by atoms with van der Waals surface area (Å²) in [5.41, 5.74) is 3.34. The van der Waals surface area contributed by atoms with Gasteiger partial charge in [-0.1, -0.05) is 18.2 Å². The number of rotatable bonds is 10. The summed E-state index contributed by atoms with van der Waals surface area (Å²) < 4.78 is 32.5. The number of aryl methyl sites for hydroxylation is 1. The van der Waals surface area contributed by atoms with Gasteiger partial charge < -0.3 is 23.5 Å². The third-order valence-electron chi connectivity index (χ3n) is 4.73. The second kappa shape index (κ2) is 10.1. The highest BCUT2D eigenvalue weighted by atomic mass is 31.2. The maximum atomic E-state index is 14.0. The van der Waals surface area contributed by atoms with E-state index < -0.39 is 19.3 Å². The van der Waals surface area contributed by atoms with Gasteiger partial charge in [0.25, 0.3) is 0 Å². The summed E-state index contributed by atoms with van der Waals surface area (Å²) in [6.45, 7) is 7.87. The summed E-state index contributed by atoms with van der Waals surface area (Å²) in [5, 5.41) is 3.32. The molecule has 3 aromatic rings. The zero-order valence-corrected chi connectivity index (χ0v) is 19.2. The Bertz CT molecular complexity index is 1080. The summed E-state index contributed by atoms with van der Waals surface area (Å²) in [6, 6.07) is 15.0. The normalized spacial score (nSPS) is 12.6. The number of carbonyl (C=O) groups is 1. The molecule has 31 heavy (non-hydrogen) atoms. The molecule has 0 bridgehead atoms. The van der Waals surface area contributed by atoms with Crippen molar-refractivity contribution in [3.8, 4) is 0 Å². The molecule has 1 unspecified atom stereocenters. The lowest BCUT2D eigenvalue weighted by Crippen LogP contribution is -2.20. The summed E-state index contributed by atoms with van der Waals surface area (Å²) in [6.07, 6.45) is 1.82. The molecule has 166 valence electrons. The van der Waals surface area contributed by atoms with Crippen LogP contribution in [0.5, 0.6) is 0 Å². The average Bonchev–Trinajstić information content (AvgIpc) is 3.12. The van der Waals surface area contributed by atoms with E-state index in [2.05, 4.69) is 5.32 Å². The number of carbonyl (C=O) groups excluding carboxylic acids is 1. The Labute approximate surface area is 182 Å². The fourth-order valence-electron chi connectivity index (χ4n) is 3.53. The molecule has 0 aliphatic rings. The van der Waals surface area contributed by atoms with Crippen molar-refractivity contribution in [3.63, 3.8) is 0 Å². The van der Waals surface area contributed by atoms with E-state index in [0.29, 0.717) is 11.3 Å². The SMILES string of the molecule is CCOC(=O)c1cc2ccccn2c1C(Nc1cccc(C)c1)P(=O)(OCC)OCC. The number of benzene rings is 1. The fraction of sp³-hybridized carbons (Fsp3) is 0.348. The van der Waals surface area contributed by atoms with Gasteiger partial charge in [0.15, 0.2) is 5.78 Å². The van der Waals surface area contributed by atoms with Crippen LogP contribution >= 0.6 is 7.60 Å². The van der Waals surface area contributed by atoms with Crippen LogP contribution in [0.25, 0.3) is 5.52 Å². The first-order valence-electron chi connectivity index (χ1n) is 10.4. The van der Waals surface area contributed by atoms with E-state index in [9.17, 15) is 9.36 Å². The van der Waals surface area contributed by atoms with E-state index in [-0.39, 0.29) is 19.8 Å². The van der Waals surface area contributed by atoms with Crippen LogP contribution in [0.15, 0.2) is 54.7 Å². The minimum atomic E-state index is -3.73. The Hall–Kier alpha value is -2.60. The van der Waals surface area contributed by atoms with Crippen molar-refractivity contribution in [1.29, 1.82) is 0 Å². The lowest BCUT2D eigenvalue weighted by Gasteiger charge is -2.28. The first-order valence-corrected chi connectivity index (χ1v) is 12.0. The van der Waals surface area contributed by atoms with Crippen molar-refractivity contribution in [2.75, 3.05) is 25.1 Å². The molecule has 0 aliphatic heterocycles. The van der Waals surface area contributed by atoms with Crippen LogP contribution in [-0.4, -0.2) is 30.2 Å². The molecule has 0 spiro atoms. The fourth-order valence-corrected chi connectivity index (χ4v) is 5.50. The van der Waals surface area contributed by atoms with Gasteiger partial charge in [-0.2, -0.15) is 0 Å². The number of fused-ring (bicyclic) bond motifs is 1. The van der Waals surface area contributed by atoms with Crippen molar-refractivity contribution in [2.24, 2.45) is 0 Å². The van der Waals surface area contributed by atoms with Gasteiger partial charge in [0, 0.05) is 17.4 Å². The molecule has 1 N–H and O–H groups in total. The smallest absolute Gasteiger partial charge is 0.358 e. The first kappa shape index (κ1) is 23.1. The molecule has 1 aromatic carbocycles. The largest absolute Gasteiger partial charge is 0.462 e. The summed E-state index contributed by atoms with van der Waals surface area (Å²) in [5.74, 6) is -1.42. The van der Waals surface area contributed by atoms with Gasteiger partial charge in [-0.05, 0) is 63.6 Å². The lowest BCUT2D eigenvalue weighted by atomic mass is 10.2. The monoisotopic (exact) mass is 444 g/mol. The Morgan fingerprint density at radius 3 is 2.42 bits per heavy atom. The number of nitrogens with one attached hydrogen (secondary N) is 1. The third kappa shape index (κ3) is 5.01. The summed E-state index contributed by atoms with van der Waals surface area (Å²) >= 11 is 0. The van der Waals surface area contributed by atoms with Crippen molar-refractivity contribution in [1.82, 2.24) is 4.40 Å². The Kier molecular flexibility index (Phi) is 7.55. The van der Waals surface area contributed by atoms with Crippen LogP contribution < -0.4 is 5.32 Å². The molecule has 0 fully saturated rings. The zero-order chi connectivity index (χ0) is 22.4. The molecule has 0 aliphatic carbocycles. The Morgan fingerprint density at radius 1 is 1.03 bits per heavy atom. The minimum Gasteiger partial charge on any atom is -0.462 e. The van der Waals surface area contributed by atoms with Crippen LogP contribution in [0.4, 0.5) is 5.69 Å². The van der Waals surface area contributed by atoms with E-state index in [0.717, 1.165) is 16.8 Å². The summed E-state index contributed by atoms with van der Waals surface area (Å²) in [4.78, 5) is 12.9. The number of nitrogens with zero attached hydrogens (tertiary/aromatic N) is 1. The maximum Gasteiger partial charge on any atom is 0.358 e. The lowest BCUT2D eigenvalue weighted by molar-refractivity contribution is 0.0525. The van der Waals surface area contributed by atoms with E-state index in [1.165, 1.54) is 0 Å². The standard InChI is InChI=1S/C23H29N2O5P/c1-5-28-23(26)20-16-19-13-8-9-14-25(19)21(20)22(31(27,29-6-2)30-7-3)24-18-12-10-11-17(4)15-18/h8-16,22,24H,5-7H2,1-4H3. The van der Waals surface area contributed by atoms with Gasteiger partial charge in [-0.25, -0.2) is 4.79 Å². The Morgan fingerprint density at radius 2 is 1.77 bits per heavy atom. The minimum absolute atomic E-state index is 0.196. The highest BCUT2D eigenvalue weighted by molar-refractivity contribution is 7.54. The molecule has 1 atom stereocenters. The van der Waals surface area contributed by atoms with Gasteiger partial charge in [-0.15, -0.1) is 0 Å². The number of aromatic nitrogens is 1. The second-order valence-electron chi connectivity index (χ2n) is 6.95. The number of anilines is 1. The van der Waals surface area contributed by atoms with Crippen molar-refractivity contribution < 1.29 is 23.1 Å². The molecule has 7 nitrogen and oxygen atoms in total. The summed E-state index contributed by atoms with van der Waals surface area (Å²) in [7, 11) is -3.73. The van der Waals surface area contributed by atoms with Crippen LogP contribution in [0.2, 0.25) is 0 Å². The third-order valence-corrected chi connectivity index (χ3v) is 6.97. The van der Waals surface area contributed by atoms with Crippen LogP contribution in [-0.2, 0) is 18.3 Å². The molecule has 3 rings (SSSR count). The number of pyridine rings is 1. The molecular weight excluding hydrogens is 415 g/mol. The van der Waals surface area contributed by atoms with Gasteiger partial charge in [-0.3, -0.25) is 4.57 Å². The molecule has 0 saturated heterocycles. The topological polar surface area (TPSA) is 78.3 Å². The number of hydrogen-bond donors (Lipinski definition) is 1. The molecule has 2 aromatic heterocycles. The molecule has 0 amide bonds. The number of esters is 1. The number of hydrogen-bond acceptors (Lipinski definition) is 6. The Balaban J connectivity index is 2.25. The maximum absolute atomic E-state index is 14.0. The van der Waals surface area contributed by atoms with E-state index in [1.807, 2.05) is 60.0 Å². The van der Waals surface area contributed by atoms with Crippen molar-refractivity contribution >= 4 is 24.8 Å². The van der Waals surface area contributed by atoms with Crippen LogP contribution in [0.3, 0.4) is 0 Å². The number of ether oxygens (including phenoxy) is 1. The van der Waals surface area contributed by atoms with Crippen molar-refractivity contribution in [3.05, 3.63) is 71.5 Å². The molecule has 2 heterocycles. The molecular formula is C23H29N2O5P. The predicted molar refractivity (Wildman–Crippen MR) is 122 cm³/mol. The predicted octanol–water partition coefficient (Wildman–Crippen LogP) is 5.80. The molecule has 0 saturated carbocycles. The quantitative estimate of drug-likeness (QED) is 0.314. The average molecular weight is 444 g/mol. The van der Waals surface area contributed by atoms with E-state index >= 15 is 0 Å². The highest BCUT2D eigenvalue weighted by Gasteiger charge is 2.41. The van der Waals surface area contributed by atoms with Crippen LogP contribution in [0, 0.1) is 6.92 Å². The molecule has 8 heteroatoms. The van der Waals surface area contributed by atoms with Gasteiger partial charge in [0.05, 0.1) is 31.1 Å². The second-order valence-corrected chi connectivity index (χ2v) is 9.06. The van der Waals surface area contributed by atoms with E-state index in [4.69, 9.17) is 13.8 Å².